The van der Waals surface area contributed by atoms with Gasteiger partial charge >= 0.3 is 23.5 Å². The monoisotopic (exact) mass is 506 g/mol. The van der Waals surface area contributed by atoms with Crippen molar-refractivity contribution in [2.24, 2.45) is 0 Å². The summed E-state index contributed by atoms with van der Waals surface area (Å²) in [4.78, 5) is 48.0. The third kappa shape index (κ3) is 6.32. The zero-order chi connectivity index (χ0) is 23.8. The predicted octanol–water partition coefficient (Wildman–Crippen LogP) is -1.80. The molecule has 2 aliphatic heterocycles. The van der Waals surface area contributed by atoms with Crippen molar-refractivity contribution >= 4 is 29.4 Å². The van der Waals surface area contributed by atoms with Gasteiger partial charge < -0.3 is 44.7 Å². The molecular formula is C12H17N2O14P3. The van der Waals surface area contributed by atoms with E-state index in [4.69, 9.17) is 25.8 Å². The van der Waals surface area contributed by atoms with Crippen LogP contribution in [0.4, 0.5) is 0 Å². The Kier molecular flexibility index (Phi) is 7.39. The minimum atomic E-state index is -5.75. The fraction of sp³-hybridized carbons (Fsp3) is 0.417. The van der Waals surface area contributed by atoms with E-state index in [0.717, 1.165) is 17.2 Å². The molecule has 2 heterocycles. The second kappa shape index (κ2) is 8.86. The minimum Gasteiger partial charge on any atom is -0.386 e. The van der Waals surface area contributed by atoms with Gasteiger partial charge in [-0.25, -0.2) is 13.7 Å². The van der Waals surface area contributed by atoms with Crippen LogP contribution in [0.15, 0.2) is 24.7 Å². The summed E-state index contributed by atoms with van der Waals surface area (Å²) in [6.07, 6.45) is 2.29. The van der Waals surface area contributed by atoms with Gasteiger partial charge in [0.25, 0.3) is 5.91 Å². The van der Waals surface area contributed by atoms with Crippen molar-refractivity contribution in [1.29, 1.82) is 0 Å². The number of terminal acetylenes is 1. The van der Waals surface area contributed by atoms with Crippen molar-refractivity contribution in [1.82, 2.24) is 10.2 Å². The fourth-order valence-electron chi connectivity index (χ4n) is 2.51. The lowest BCUT2D eigenvalue weighted by molar-refractivity contribution is -0.120. The van der Waals surface area contributed by atoms with E-state index in [0.29, 0.717) is 0 Å². The predicted molar refractivity (Wildman–Crippen MR) is 96.5 cm³/mol. The molecule has 0 aromatic heterocycles. The minimum absolute atomic E-state index is 0.0908. The number of carbonyl (C=O) groups is 1. The summed E-state index contributed by atoms with van der Waals surface area (Å²) in [5.74, 6) is 1.26. The molecule has 0 bridgehead atoms. The van der Waals surface area contributed by atoms with Crippen LogP contribution in [-0.4, -0.2) is 71.2 Å². The second-order valence-corrected chi connectivity index (χ2v) is 10.4. The van der Waals surface area contributed by atoms with Gasteiger partial charge in [-0.2, -0.15) is 8.62 Å². The Morgan fingerprint density at radius 1 is 1.26 bits per heavy atom. The first-order valence-electron chi connectivity index (χ1n) is 7.78. The number of nitrogens with one attached hydrogen (secondary N) is 1. The van der Waals surface area contributed by atoms with E-state index in [2.05, 4.69) is 25.0 Å². The lowest BCUT2D eigenvalue weighted by Gasteiger charge is -2.36. The van der Waals surface area contributed by atoms with Gasteiger partial charge in [0.2, 0.25) is 0 Å². The molecule has 19 heteroatoms. The maximum atomic E-state index is 11.8. The number of nitrogens with zero attached hydrogens (tertiary/aromatic N) is 1. The zero-order valence-corrected chi connectivity index (χ0v) is 17.8. The van der Waals surface area contributed by atoms with Crippen LogP contribution >= 0.6 is 23.5 Å². The molecule has 6 atom stereocenters. The number of hydrogen-bond donors (Lipinski definition) is 7. The number of aliphatic hydroxyl groups excluding tert-OH is 1. The lowest BCUT2D eigenvalue weighted by atomic mass is 9.94. The Morgan fingerprint density at radius 2 is 1.87 bits per heavy atom. The van der Waals surface area contributed by atoms with Crippen molar-refractivity contribution in [2.75, 3.05) is 6.61 Å². The van der Waals surface area contributed by atoms with E-state index in [1.54, 1.807) is 0 Å². The fourth-order valence-corrected chi connectivity index (χ4v) is 5.54. The number of hydrogen-bond acceptors (Lipinski definition) is 11. The molecule has 7 N–H and O–H groups in total. The SMILES string of the molecule is C#C[C@@]1(O)[C@H](O)[C@@H](COP(=O)(O)OP(=O)(O)OP(=O)(O)O)O[C@H]1N1C=CC(=O)NC1=C. The smallest absolute Gasteiger partial charge is 0.386 e. The molecule has 0 saturated carbocycles. The zero-order valence-electron chi connectivity index (χ0n) is 15.1. The van der Waals surface area contributed by atoms with Gasteiger partial charge in [0.15, 0.2) is 11.8 Å². The average Bonchev–Trinajstić information content (AvgIpc) is 2.82. The molecular weight excluding hydrogens is 489 g/mol. The van der Waals surface area contributed by atoms with Crippen molar-refractivity contribution in [3.63, 3.8) is 0 Å². The summed E-state index contributed by atoms with van der Waals surface area (Å²) in [5.41, 5.74) is -2.44. The van der Waals surface area contributed by atoms with E-state index >= 15 is 0 Å². The molecule has 0 aromatic rings. The number of amides is 1. The first kappa shape index (κ1) is 25.9. The molecule has 2 unspecified atom stereocenters. The van der Waals surface area contributed by atoms with E-state index in [1.807, 2.05) is 5.92 Å². The Labute approximate surface area is 174 Å². The maximum absolute atomic E-state index is 11.8. The van der Waals surface area contributed by atoms with Crippen LogP contribution in [0.3, 0.4) is 0 Å². The normalized spacial score (nSPS) is 32.8. The van der Waals surface area contributed by atoms with Crippen LogP contribution < -0.4 is 5.32 Å². The highest BCUT2D eigenvalue weighted by Gasteiger charge is 2.58. The summed E-state index contributed by atoms with van der Waals surface area (Å²) in [5, 5.41) is 23.2. The molecule has 31 heavy (non-hydrogen) atoms. The molecule has 2 aliphatic rings. The Hall–Kier alpha value is -1.40. The molecule has 0 radical (unpaired) electrons. The van der Waals surface area contributed by atoms with Gasteiger partial charge in [0, 0.05) is 12.3 Å². The number of rotatable bonds is 8. The van der Waals surface area contributed by atoms with E-state index in [9.17, 15) is 33.6 Å². The second-order valence-electron chi connectivity index (χ2n) is 5.99. The van der Waals surface area contributed by atoms with E-state index in [1.165, 1.54) is 0 Å². The summed E-state index contributed by atoms with van der Waals surface area (Å²) >= 11 is 0. The first-order valence-corrected chi connectivity index (χ1v) is 12.3. The number of carbonyl (C=O) groups excluding carboxylic acids is 1. The van der Waals surface area contributed by atoms with Gasteiger partial charge in [0.05, 0.1) is 6.61 Å². The average molecular weight is 506 g/mol. The third-order valence-electron chi connectivity index (χ3n) is 3.75. The van der Waals surface area contributed by atoms with Crippen molar-refractivity contribution in [2.45, 2.75) is 24.0 Å². The van der Waals surface area contributed by atoms with Crippen molar-refractivity contribution in [3.8, 4) is 12.3 Å². The van der Waals surface area contributed by atoms with Crippen LogP contribution in [0.25, 0.3) is 0 Å². The highest BCUT2D eigenvalue weighted by atomic mass is 31.3. The molecule has 1 amide bonds. The number of phosphoric acid groups is 3. The molecule has 2 rings (SSSR count). The molecule has 0 spiro atoms. The topological polar surface area (TPSA) is 242 Å². The Bertz CT molecular complexity index is 970. The third-order valence-corrected chi connectivity index (χ3v) is 7.55. The number of phosphoric ester groups is 1. The van der Waals surface area contributed by atoms with Gasteiger partial charge in [-0.15, -0.1) is 6.42 Å². The number of aliphatic hydroxyl groups is 2. The lowest BCUT2D eigenvalue weighted by Crippen LogP contribution is -2.54. The highest BCUT2D eigenvalue weighted by molar-refractivity contribution is 7.66. The quantitative estimate of drug-likeness (QED) is 0.142. The van der Waals surface area contributed by atoms with Crippen LogP contribution in [0.1, 0.15) is 0 Å². The largest absolute Gasteiger partial charge is 0.490 e. The molecule has 174 valence electrons. The van der Waals surface area contributed by atoms with Gasteiger partial charge in [-0.1, -0.05) is 12.5 Å². The van der Waals surface area contributed by atoms with Crippen molar-refractivity contribution < 1.29 is 66.2 Å². The summed E-state index contributed by atoms with van der Waals surface area (Å²) in [7, 11) is -16.8. The number of ether oxygens (including phenoxy) is 1. The summed E-state index contributed by atoms with van der Waals surface area (Å²) in [6, 6.07) is 0. The summed E-state index contributed by atoms with van der Waals surface area (Å²) in [6.45, 7) is 2.46. The van der Waals surface area contributed by atoms with Crippen LogP contribution in [0.2, 0.25) is 0 Å². The molecule has 1 fully saturated rings. The van der Waals surface area contributed by atoms with Crippen LogP contribution in [-0.2, 0) is 36.4 Å². The molecule has 1 saturated heterocycles. The van der Waals surface area contributed by atoms with Gasteiger partial charge in [-0.05, 0) is 0 Å². The van der Waals surface area contributed by atoms with Gasteiger partial charge in [-0.3, -0.25) is 9.32 Å². The Morgan fingerprint density at radius 3 is 2.39 bits per heavy atom. The molecule has 16 nitrogen and oxygen atoms in total. The van der Waals surface area contributed by atoms with E-state index < -0.39 is 60.0 Å². The van der Waals surface area contributed by atoms with Crippen LogP contribution in [0.5, 0.6) is 0 Å². The van der Waals surface area contributed by atoms with Crippen molar-refractivity contribution in [3.05, 3.63) is 24.7 Å². The van der Waals surface area contributed by atoms with Crippen LogP contribution in [0, 0.1) is 12.3 Å². The summed E-state index contributed by atoms with van der Waals surface area (Å²) < 4.78 is 50.6. The molecule has 0 aromatic carbocycles. The standard InChI is InChI=1S/C12H17N2O14P3/c1-3-12(17)10(16)8(26-11(12)14-5-4-9(15)13-7(14)2)6-25-30(21,22)28-31(23,24)27-29(18,19)20/h1,4-5,8,10-11,16-17H,2,6H2,(H,13,15)(H,21,22)(H,23,24)(H2,18,19,20)/t8-,10-,11-,12-/m1/s1. The Balaban J connectivity index is 2.13. The van der Waals surface area contributed by atoms with E-state index in [-0.39, 0.29) is 5.82 Å². The molecule has 0 aliphatic carbocycles. The first-order chi connectivity index (χ1) is 14.0. The van der Waals surface area contributed by atoms with Gasteiger partial charge in [0.1, 0.15) is 18.0 Å². The maximum Gasteiger partial charge on any atom is 0.490 e. The highest BCUT2D eigenvalue weighted by Crippen LogP contribution is 2.66.